The number of benzene rings is 2. The highest BCUT2D eigenvalue weighted by Crippen LogP contribution is 2.30. The molecular formula is C24H24BrI2N3O4. The first-order chi connectivity index (χ1) is 16.2. The molecule has 1 heterocycles. The van der Waals surface area contributed by atoms with Crippen molar-refractivity contribution in [3.63, 3.8) is 0 Å². The fourth-order valence-corrected chi connectivity index (χ4v) is 5.59. The Bertz CT molecular complexity index is 1290. The first kappa shape index (κ1) is 27.1. The van der Waals surface area contributed by atoms with E-state index in [4.69, 9.17) is 14.5 Å². The van der Waals surface area contributed by atoms with Crippen LogP contribution in [0.2, 0.25) is 0 Å². The smallest absolute Gasteiger partial charge is 0.347 e. The van der Waals surface area contributed by atoms with Crippen LogP contribution in [0.3, 0.4) is 0 Å². The first-order valence-corrected chi connectivity index (χ1v) is 13.7. The SMILES string of the molecule is CCOC(=O)[C@@H](C)Oc1c(I)cc(C=Nn2c([C@@H](C)CC)nc3ccc(Br)cc3c2=O)cc1I. The van der Waals surface area contributed by atoms with Crippen molar-refractivity contribution >= 4 is 84.2 Å². The third-order valence-electron chi connectivity index (χ3n) is 5.14. The topological polar surface area (TPSA) is 82.8 Å². The van der Waals surface area contributed by atoms with Gasteiger partial charge >= 0.3 is 5.97 Å². The number of carbonyl (C=O) groups excluding carboxylic acids is 1. The van der Waals surface area contributed by atoms with E-state index < -0.39 is 12.1 Å². The third-order valence-corrected chi connectivity index (χ3v) is 7.24. The molecule has 0 aliphatic rings. The van der Waals surface area contributed by atoms with Crippen LogP contribution in [0.5, 0.6) is 5.75 Å². The summed E-state index contributed by atoms with van der Waals surface area (Å²) in [6.45, 7) is 7.80. The van der Waals surface area contributed by atoms with Gasteiger partial charge in [0.2, 0.25) is 0 Å². The van der Waals surface area contributed by atoms with Gasteiger partial charge in [0.25, 0.3) is 5.56 Å². The van der Waals surface area contributed by atoms with Crippen LogP contribution in [-0.4, -0.2) is 34.6 Å². The molecule has 0 saturated heterocycles. The van der Waals surface area contributed by atoms with Crippen molar-refractivity contribution in [1.29, 1.82) is 0 Å². The largest absolute Gasteiger partial charge is 0.477 e. The van der Waals surface area contributed by atoms with E-state index in [1.165, 1.54) is 4.68 Å². The molecule has 0 aliphatic carbocycles. The van der Waals surface area contributed by atoms with Crippen molar-refractivity contribution in [3.8, 4) is 5.75 Å². The fraction of sp³-hybridized carbons (Fsp3) is 0.333. The minimum Gasteiger partial charge on any atom is -0.477 e. The summed E-state index contributed by atoms with van der Waals surface area (Å²) in [5, 5.41) is 5.03. The molecule has 0 saturated carbocycles. The number of rotatable bonds is 8. The number of halogens is 3. The summed E-state index contributed by atoms with van der Waals surface area (Å²) in [6, 6.07) is 9.25. The number of hydrogen-bond donors (Lipinski definition) is 0. The lowest BCUT2D eigenvalue weighted by Gasteiger charge is -2.16. The van der Waals surface area contributed by atoms with Crippen molar-refractivity contribution in [2.45, 2.75) is 46.1 Å². The van der Waals surface area contributed by atoms with Gasteiger partial charge in [-0.2, -0.15) is 9.78 Å². The molecule has 3 aromatic rings. The fourth-order valence-electron chi connectivity index (χ4n) is 3.15. The van der Waals surface area contributed by atoms with Crippen LogP contribution in [0.1, 0.15) is 51.4 Å². The van der Waals surface area contributed by atoms with Gasteiger partial charge in [-0.1, -0.05) is 29.8 Å². The van der Waals surface area contributed by atoms with E-state index in [1.807, 2.05) is 31.2 Å². The summed E-state index contributed by atoms with van der Waals surface area (Å²) >= 11 is 7.75. The van der Waals surface area contributed by atoms with Gasteiger partial charge in [0.05, 0.1) is 30.9 Å². The van der Waals surface area contributed by atoms with E-state index in [1.54, 1.807) is 26.1 Å². The summed E-state index contributed by atoms with van der Waals surface area (Å²) in [4.78, 5) is 30.0. The quantitative estimate of drug-likeness (QED) is 0.158. The van der Waals surface area contributed by atoms with Gasteiger partial charge in [-0.3, -0.25) is 4.79 Å². The normalized spacial score (nSPS) is 13.3. The van der Waals surface area contributed by atoms with Gasteiger partial charge in [-0.15, -0.1) is 0 Å². The average molecular weight is 752 g/mol. The molecule has 0 N–H and O–H groups in total. The maximum atomic E-state index is 13.3. The van der Waals surface area contributed by atoms with Crippen molar-refractivity contribution in [2.24, 2.45) is 5.10 Å². The summed E-state index contributed by atoms with van der Waals surface area (Å²) in [6.07, 6.45) is 1.74. The zero-order valence-corrected chi connectivity index (χ0v) is 25.0. The molecule has 180 valence electrons. The van der Waals surface area contributed by atoms with Gasteiger partial charge in [0, 0.05) is 10.4 Å². The van der Waals surface area contributed by atoms with Crippen LogP contribution < -0.4 is 10.3 Å². The molecule has 7 nitrogen and oxygen atoms in total. The minimum atomic E-state index is -0.721. The van der Waals surface area contributed by atoms with Gasteiger partial charge in [-0.05, 0) is 101 Å². The maximum Gasteiger partial charge on any atom is 0.347 e. The second-order valence-electron chi connectivity index (χ2n) is 7.63. The lowest BCUT2D eigenvalue weighted by atomic mass is 10.1. The number of ether oxygens (including phenoxy) is 2. The van der Waals surface area contributed by atoms with Crippen LogP contribution in [0, 0.1) is 7.14 Å². The number of esters is 1. The molecule has 0 radical (unpaired) electrons. The average Bonchev–Trinajstić information content (AvgIpc) is 2.80. The Morgan fingerprint density at radius 3 is 2.50 bits per heavy atom. The van der Waals surface area contributed by atoms with Crippen LogP contribution in [0.4, 0.5) is 0 Å². The highest BCUT2D eigenvalue weighted by Gasteiger charge is 2.20. The van der Waals surface area contributed by atoms with Crippen LogP contribution in [0.15, 0.2) is 44.7 Å². The number of aromatic nitrogens is 2. The highest BCUT2D eigenvalue weighted by atomic mass is 127. The van der Waals surface area contributed by atoms with Crippen molar-refractivity contribution < 1.29 is 14.3 Å². The zero-order chi connectivity index (χ0) is 25.0. The van der Waals surface area contributed by atoms with Crippen LogP contribution in [-0.2, 0) is 9.53 Å². The number of nitrogens with zero attached hydrogens (tertiary/aromatic N) is 3. The predicted molar refractivity (Wildman–Crippen MR) is 154 cm³/mol. The molecule has 1 aromatic heterocycles. The van der Waals surface area contributed by atoms with Gasteiger partial charge in [0.1, 0.15) is 11.6 Å². The Morgan fingerprint density at radius 1 is 1.21 bits per heavy atom. The van der Waals surface area contributed by atoms with E-state index in [2.05, 4.69) is 73.1 Å². The molecule has 10 heteroatoms. The number of hydrogen-bond acceptors (Lipinski definition) is 6. The summed E-state index contributed by atoms with van der Waals surface area (Å²) < 4.78 is 14.7. The number of carbonyl (C=O) groups is 1. The highest BCUT2D eigenvalue weighted by molar-refractivity contribution is 14.1. The van der Waals surface area contributed by atoms with E-state index >= 15 is 0 Å². The minimum absolute atomic E-state index is 0.0540. The molecule has 0 unspecified atom stereocenters. The lowest BCUT2D eigenvalue weighted by molar-refractivity contribution is -0.150. The molecule has 34 heavy (non-hydrogen) atoms. The van der Waals surface area contributed by atoms with Crippen LogP contribution in [0.25, 0.3) is 10.9 Å². The van der Waals surface area contributed by atoms with Crippen molar-refractivity contribution in [3.05, 3.63) is 63.7 Å². The van der Waals surface area contributed by atoms with E-state index in [9.17, 15) is 9.59 Å². The molecule has 0 fully saturated rings. The van der Waals surface area contributed by atoms with Crippen molar-refractivity contribution in [2.75, 3.05) is 6.61 Å². The lowest BCUT2D eigenvalue weighted by Crippen LogP contribution is -2.26. The standard InChI is InChI=1S/C24H24BrI2N3O4/c1-5-13(3)22-29-20-8-7-16(25)11-17(20)23(31)30(22)28-12-15-9-18(26)21(19(27)10-15)34-14(4)24(32)33-6-2/h7-14H,5-6H2,1-4H3/t13-,14+/m0/s1. The molecule has 2 aromatic carbocycles. The first-order valence-electron chi connectivity index (χ1n) is 10.7. The predicted octanol–water partition coefficient (Wildman–Crippen LogP) is 6.09. The van der Waals surface area contributed by atoms with Gasteiger partial charge < -0.3 is 9.47 Å². The number of fused-ring (bicyclic) bond motifs is 1. The molecule has 2 atom stereocenters. The molecular weight excluding hydrogens is 728 g/mol. The molecule has 0 amide bonds. The summed E-state index contributed by atoms with van der Waals surface area (Å²) in [7, 11) is 0. The molecule has 0 spiro atoms. The summed E-state index contributed by atoms with van der Waals surface area (Å²) in [5.74, 6) is 0.866. The molecule has 3 rings (SSSR count). The zero-order valence-electron chi connectivity index (χ0n) is 19.1. The van der Waals surface area contributed by atoms with E-state index in [0.29, 0.717) is 29.1 Å². The Morgan fingerprint density at radius 2 is 1.88 bits per heavy atom. The Hall–Kier alpha value is -1.54. The summed E-state index contributed by atoms with van der Waals surface area (Å²) in [5.41, 5.74) is 1.23. The van der Waals surface area contributed by atoms with Gasteiger partial charge in [-0.25, -0.2) is 9.78 Å². The second kappa shape index (κ2) is 11.9. The van der Waals surface area contributed by atoms with Gasteiger partial charge in [0.15, 0.2) is 6.10 Å². The van der Waals surface area contributed by atoms with Crippen molar-refractivity contribution in [1.82, 2.24) is 9.66 Å². The Balaban J connectivity index is 2.00. The Kier molecular flexibility index (Phi) is 9.49. The third kappa shape index (κ3) is 6.17. The van der Waals surface area contributed by atoms with Crippen LogP contribution >= 0.6 is 61.1 Å². The molecule has 0 bridgehead atoms. The maximum absolute atomic E-state index is 13.3. The van der Waals surface area contributed by atoms with E-state index in [-0.39, 0.29) is 11.5 Å². The Labute approximate surface area is 233 Å². The van der Waals surface area contributed by atoms with E-state index in [0.717, 1.165) is 23.6 Å². The second-order valence-corrected chi connectivity index (χ2v) is 10.9. The molecule has 0 aliphatic heterocycles. The monoisotopic (exact) mass is 751 g/mol.